The van der Waals surface area contributed by atoms with E-state index in [1.54, 1.807) is 0 Å². The standard InChI is InChI=1S/C12H28N2O/c1-5-12(13-6-2)11-14(7-3)9-10-15-8-4/h12-13H,5-11H2,1-4H3. The molecule has 0 saturated carbocycles. The fraction of sp³-hybridized carbons (Fsp3) is 1.00. The molecule has 1 atom stereocenters. The third-order valence-electron chi connectivity index (χ3n) is 2.67. The molecule has 1 N–H and O–H groups in total. The minimum absolute atomic E-state index is 0.622. The smallest absolute Gasteiger partial charge is 0.0593 e. The summed E-state index contributed by atoms with van der Waals surface area (Å²) in [6.07, 6.45) is 1.19. The zero-order valence-electron chi connectivity index (χ0n) is 10.9. The fourth-order valence-electron chi connectivity index (χ4n) is 1.65. The second-order valence-corrected chi connectivity index (χ2v) is 3.75. The summed E-state index contributed by atoms with van der Waals surface area (Å²) in [7, 11) is 0. The lowest BCUT2D eigenvalue weighted by atomic mass is 10.2. The Hall–Kier alpha value is -0.120. The van der Waals surface area contributed by atoms with E-state index in [9.17, 15) is 0 Å². The summed E-state index contributed by atoms with van der Waals surface area (Å²) in [5, 5.41) is 3.51. The zero-order valence-corrected chi connectivity index (χ0v) is 10.9. The molecule has 1 unspecified atom stereocenters. The van der Waals surface area contributed by atoms with Gasteiger partial charge in [0, 0.05) is 25.7 Å². The van der Waals surface area contributed by atoms with Crippen molar-refractivity contribution < 1.29 is 4.74 Å². The van der Waals surface area contributed by atoms with Gasteiger partial charge < -0.3 is 10.1 Å². The first kappa shape index (κ1) is 14.9. The van der Waals surface area contributed by atoms with Crippen molar-refractivity contribution in [2.75, 3.05) is 39.4 Å². The monoisotopic (exact) mass is 216 g/mol. The Morgan fingerprint density at radius 3 is 2.40 bits per heavy atom. The van der Waals surface area contributed by atoms with Crippen molar-refractivity contribution >= 4 is 0 Å². The molecule has 0 aliphatic heterocycles. The van der Waals surface area contributed by atoms with Gasteiger partial charge in [-0.3, -0.25) is 4.90 Å². The Balaban J connectivity index is 3.73. The van der Waals surface area contributed by atoms with Gasteiger partial charge in [0.15, 0.2) is 0 Å². The highest BCUT2D eigenvalue weighted by molar-refractivity contribution is 4.69. The molecule has 0 aliphatic carbocycles. The second kappa shape index (κ2) is 10.4. The summed E-state index contributed by atoms with van der Waals surface area (Å²) >= 11 is 0. The fourth-order valence-corrected chi connectivity index (χ4v) is 1.65. The summed E-state index contributed by atoms with van der Waals surface area (Å²) in [5.74, 6) is 0. The number of nitrogens with one attached hydrogen (secondary N) is 1. The Morgan fingerprint density at radius 2 is 1.93 bits per heavy atom. The molecule has 3 nitrogen and oxygen atoms in total. The molecule has 0 heterocycles. The normalized spacial score (nSPS) is 13.4. The van der Waals surface area contributed by atoms with Crippen LogP contribution in [0, 0.1) is 0 Å². The largest absolute Gasteiger partial charge is 0.380 e. The lowest BCUT2D eigenvalue weighted by Crippen LogP contribution is -2.41. The molecule has 0 amide bonds. The number of hydrogen-bond donors (Lipinski definition) is 1. The van der Waals surface area contributed by atoms with Crippen LogP contribution in [0.3, 0.4) is 0 Å². The van der Waals surface area contributed by atoms with Crippen LogP contribution in [0.2, 0.25) is 0 Å². The lowest BCUT2D eigenvalue weighted by molar-refractivity contribution is 0.111. The van der Waals surface area contributed by atoms with Gasteiger partial charge in [0.05, 0.1) is 6.61 Å². The van der Waals surface area contributed by atoms with Crippen molar-refractivity contribution in [3.63, 3.8) is 0 Å². The predicted octanol–water partition coefficient (Wildman–Crippen LogP) is 1.73. The topological polar surface area (TPSA) is 24.5 Å². The minimum atomic E-state index is 0.622. The van der Waals surface area contributed by atoms with E-state index in [1.165, 1.54) is 6.42 Å². The number of hydrogen-bond acceptors (Lipinski definition) is 3. The van der Waals surface area contributed by atoms with Crippen LogP contribution in [0.15, 0.2) is 0 Å². The van der Waals surface area contributed by atoms with Crippen molar-refractivity contribution in [1.82, 2.24) is 10.2 Å². The van der Waals surface area contributed by atoms with Gasteiger partial charge in [-0.15, -0.1) is 0 Å². The molecule has 3 heteroatoms. The van der Waals surface area contributed by atoms with Crippen molar-refractivity contribution in [2.24, 2.45) is 0 Å². The average molecular weight is 216 g/mol. The first-order valence-corrected chi connectivity index (χ1v) is 6.31. The van der Waals surface area contributed by atoms with Crippen LogP contribution < -0.4 is 5.32 Å². The van der Waals surface area contributed by atoms with Crippen molar-refractivity contribution in [2.45, 2.75) is 40.2 Å². The van der Waals surface area contributed by atoms with Crippen molar-refractivity contribution in [1.29, 1.82) is 0 Å². The van der Waals surface area contributed by atoms with Gasteiger partial charge in [-0.05, 0) is 26.4 Å². The van der Waals surface area contributed by atoms with Gasteiger partial charge in [0.2, 0.25) is 0 Å². The average Bonchev–Trinajstić information content (AvgIpc) is 2.26. The molecule has 0 aliphatic rings. The molecule has 0 rings (SSSR count). The summed E-state index contributed by atoms with van der Waals surface area (Å²) in [6.45, 7) is 14.7. The van der Waals surface area contributed by atoms with Gasteiger partial charge in [-0.1, -0.05) is 20.8 Å². The Kier molecular flexibility index (Phi) is 10.3. The van der Waals surface area contributed by atoms with Crippen LogP contribution in [0.1, 0.15) is 34.1 Å². The SMILES string of the molecule is CCNC(CC)CN(CC)CCOCC. The van der Waals surface area contributed by atoms with Gasteiger partial charge in [-0.25, -0.2) is 0 Å². The molecule has 0 radical (unpaired) electrons. The van der Waals surface area contributed by atoms with Crippen LogP contribution >= 0.6 is 0 Å². The number of likely N-dealkylation sites (N-methyl/N-ethyl adjacent to an activating group) is 2. The van der Waals surface area contributed by atoms with E-state index in [0.29, 0.717) is 6.04 Å². The van der Waals surface area contributed by atoms with Crippen molar-refractivity contribution in [3.8, 4) is 0 Å². The first-order valence-electron chi connectivity index (χ1n) is 6.31. The summed E-state index contributed by atoms with van der Waals surface area (Å²) in [6, 6.07) is 0.622. The molecular formula is C12H28N2O. The van der Waals surface area contributed by atoms with Crippen LogP contribution in [-0.4, -0.2) is 50.3 Å². The second-order valence-electron chi connectivity index (χ2n) is 3.75. The molecule has 0 bridgehead atoms. The summed E-state index contributed by atoms with van der Waals surface area (Å²) in [5.41, 5.74) is 0. The van der Waals surface area contributed by atoms with Crippen LogP contribution in [0.5, 0.6) is 0 Å². The first-order chi connectivity index (χ1) is 7.28. The van der Waals surface area contributed by atoms with E-state index < -0.39 is 0 Å². The molecule has 0 aromatic heterocycles. The van der Waals surface area contributed by atoms with E-state index in [-0.39, 0.29) is 0 Å². The highest BCUT2D eigenvalue weighted by Crippen LogP contribution is 1.97. The molecule has 92 valence electrons. The predicted molar refractivity (Wildman–Crippen MR) is 66.4 cm³/mol. The number of rotatable bonds is 10. The van der Waals surface area contributed by atoms with Gasteiger partial charge in [-0.2, -0.15) is 0 Å². The van der Waals surface area contributed by atoms with Gasteiger partial charge in [0.1, 0.15) is 0 Å². The summed E-state index contributed by atoms with van der Waals surface area (Å²) < 4.78 is 5.38. The molecule has 15 heavy (non-hydrogen) atoms. The van der Waals surface area contributed by atoms with Crippen LogP contribution in [0.25, 0.3) is 0 Å². The van der Waals surface area contributed by atoms with E-state index in [2.05, 4.69) is 31.0 Å². The van der Waals surface area contributed by atoms with Gasteiger partial charge >= 0.3 is 0 Å². The van der Waals surface area contributed by atoms with E-state index in [4.69, 9.17) is 4.74 Å². The van der Waals surface area contributed by atoms with E-state index >= 15 is 0 Å². The molecule has 0 aromatic carbocycles. The van der Waals surface area contributed by atoms with Crippen molar-refractivity contribution in [3.05, 3.63) is 0 Å². The maximum Gasteiger partial charge on any atom is 0.0593 e. The third kappa shape index (κ3) is 7.77. The van der Waals surface area contributed by atoms with E-state index in [0.717, 1.165) is 39.4 Å². The third-order valence-corrected chi connectivity index (χ3v) is 2.67. The summed E-state index contributed by atoms with van der Waals surface area (Å²) in [4.78, 5) is 2.45. The van der Waals surface area contributed by atoms with Crippen LogP contribution in [-0.2, 0) is 4.74 Å². The number of ether oxygens (including phenoxy) is 1. The van der Waals surface area contributed by atoms with E-state index in [1.807, 2.05) is 6.92 Å². The van der Waals surface area contributed by atoms with Crippen LogP contribution in [0.4, 0.5) is 0 Å². The molecule has 0 fully saturated rings. The molecule has 0 saturated heterocycles. The molecule has 0 aromatic rings. The molecule has 0 spiro atoms. The maximum absolute atomic E-state index is 5.38. The highest BCUT2D eigenvalue weighted by atomic mass is 16.5. The molecular weight excluding hydrogens is 188 g/mol. The quantitative estimate of drug-likeness (QED) is 0.563. The Bertz CT molecular complexity index is 131. The Labute approximate surface area is 95.2 Å². The zero-order chi connectivity index (χ0) is 11.5. The Morgan fingerprint density at radius 1 is 1.20 bits per heavy atom. The highest BCUT2D eigenvalue weighted by Gasteiger charge is 2.09. The number of nitrogens with zero attached hydrogens (tertiary/aromatic N) is 1. The minimum Gasteiger partial charge on any atom is -0.380 e. The van der Waals surface area contributed by atoms with Gasteiger partial charge in [0.25, 0.3) is 0 Å². The maximum atomic E-state index is 5.38. The lowest BCUT2D eigenvalue weighted by Gasteiger charge is -2.26.